The van der Waals surface area contributed by atoms with Crippen molar-refractivity contribution in [1.29, 1.82) is 0 Å². The van der Waals surface area contributed by atoms with E-state index in [0.717, 1.165) is 23.3 Å². The van der Waals surface area contributed by atoms with Gasteiger partial charge in [-0.3, -0.25) is 4.79 Å². The first-order valence-corrected chi connectivity index (χ1v) is 7.52. The van der Waals surface area contributed by atoms with Crippen LogP contribution in [0.25, 0.3) is 0 Å². The van der Waals surface area contributed by atoms with Gasteiger partial charge < -0.3 is 15.8 Å². The van der Waals surface area contributed by atoms with Crippen molar-refractivity contribution in [3.8, 4) is 5.75 Å². The summed E-state index contributed by atoms with van der Waals surface area (Å²) >= 11 is 0. The Morgan fingerprint density at radius 3 is 2.52 bits per heavy atom. The first kappa shape index (κ1) is 19.0. The molecular formula is C18H23ClN2O2. The van der Waals surface area contributed by atoms with Crippen LogP contribution in [-0.2, 0) is 13.0 Å². The fraction of sp³-hybridized carbons (Fsp3) is 0.278. The molecule has 0 unspecified atom stereocenters. The quantitative estimate of drug-likeness (QED) is 0.818. The summed E-state index contributed by atoms with van der Waals surface area (Å²) in [6.45, 7) is 3.69. The Hall–Kier alpha value is -2.04. The average Bonchev–Trinajstić information content (AvgIpc) is 2.55. The van der Waals surface area contributed by atoms with Crippen molar-refractivity contribution in [2.75, 3.05) is 13.2 Å². The number of nitrogens with one attached hydrogen (secondary N) is 1. The summed E-state index contributed by atoms with van der Waals surface area (Å²) in [5, 5.41) is 2.93. The van der Waals surface area contributed by atoms with Crippen LogP contribution in [0.1, 0.15) is 28.4 Å². The molecule has 0 aromatic heterocycles. The summed E-state index contributed by atoms with van der Waals surface area (Å²) in [7, 11) is 0. The first-order valence-electron chi connectivity index (χ1n) is 7.52. The van der Waals surface area contributed by atoms with Crippen LogP contribution < -0.4 is 15.8 Å². The summed E-state index contributed by atoms with van der Waals surface area (Å²) < 4.78 is 5.47. The third-order valence-corrected chi connectivity index (χ3v) is 3.36. The van der Waals surface area contributed by atoms with Crippen LogP contribution in [0.3, 0.4) is 0 Å². The number of carbonyl (C=O) groups excluding carboxylic acids is 1. The van der Waals surface area contributed by atoms with Crippen molar-refractivity contribution in [2.24, 2.45) is 5.73 Å². The monoisotopic (exact) mass is 334 g/mol. The molecule has 0 atom stereocenters. The van der Waals surface area contributed by atoms with Crippen LogP contribution in [0.5, 0.6) is 5.75 Å². The van der Waals surface area contributed by atoms with Crippen LogP contribution in [0.2, 0.25) is 0 Å². The van der Waals surface area contributed by atoms with E-state index >= 15 is 0 Å². The molecule has 2 aromatic rings. The van der Waals surface area contributed by atoms with Gasteiger partial charge in [0.25, 0.3) is 5.91 Å². The van der Waals surface area contributed by atoms with Gasteiger partial charge >= 0.3 is 0 Å². The van der Waals surface area contributed by atoms with Gasteiger partial charge in [0.15, 0.2) is 0 Å². The molecule has 0 saturated heterocycles. The Bertz CT molecular complexity index is 615. The molecule has 0 radical (unpaired) electrons. The number of carbonyl (C=O) groups is 1. The zero-order chi connectivity index (χ0) is 15.8. The molecule has 0 spiro atoms. The fourth-order valence-electron chi connectivity index (χ4n) is 2.17. The Balaban J connectivity index is 0.00000264. The molecule has 4 nitrogen and oxygen atoms in total. The molecule has 0 saturated carbocycles. The molecule has 124 valence electrons. The van der Waals surface area contributed by atoms with E-state index < -0.39 is 0 Å². The van der Waals surface area contributed by atoms with Crippen LogP contribution in [0, 0.1) is 0 Å². The van der Waals surface area contributed by atoms with Gasteiger partial charge in [-0.2, -0.15) is 0 Å². The van der Waals surface area contributed by atoms with Gasteiger partial charge in [0.05, 0.1) is 6.61 Å². The predicted molar refractivity (Wildman–Crippen MR) is 95.2 cm³/mol. The highest BCUT2D eigenvalue weighted by molar-refractivity contribution is 5.94. The second kappa shape index (κ2) is 9.87. The van der Waals surface area contributed by atoms with Gasteiger partial charge in [-0.25, -0.2) is 0 Å². The van der Waals surface area contributed by atoms with Crippen molar-refractivity contribution < 1.29 is 9.53 Å². The highest BCUT2D eigenvalue weighted by Gasteiger charge is 2.05. The summed E-state index contributed by atoms with van der Waals surface area (Å²) in [4.78, 5) is 12.0. The maximum Gasteiger partial charge on any atom is 0.251 e. The third kappa shape index (κ3) is 5.93. The van der Waals surface area contributed by atoms with Crippen molar-refractivity contribution in [1.82, 2.24) is 5.32 Å². The lowest BCUT2D eigenvalue weighted by Gasteiger charge is -2.08. The molecule has 2 rings (SSSR count). The first-order chi connectivity index (χ1) is 10.7. The molecule has 0 aliphatic heterocycles. The second-order valence-corrected chi connectivity index (χ2v) is 4.99. The van der Waals surface area contributed by atoms with E-state index in [9.17, 15) is 4.79 Å². The van der Waals surface area contributed by atoms with Gasteiger partial charge in [-0.05, 0) is 48.7 Å². The number of ether oxygens (including phenoxy) is 1. The highest BCUT2D eigenvalue weighted by Crippen LogP contribution is 2.13. The van der Waals surface area contributed by atoms with E-state index in [1.807, 2.05) is 43.3 Å². The maximum absolute atomic E-state index is 12.0. The van der Waals surface area contributed by atoms with E-state index in [1.54, 1.807) is 12.1 Å². The molecule has 0 fully saturated rings. The molecule has 1 amide bonds. The minimum Gasteiger partial charge on any atom is -0.494 e. The van der Waals surface area contributed by atoms with Gasteiger partial charge in [-0.15, -0.1) is 12.4 Å². The van der Waals surface area contributed by atoms with Crippen LogP contribution >= 0.6 is 12.4 Å². The predicted octanol–water partition coefficient (Wildman–Crippen LogP) is 2.94. The van der Waals surface area contributed by atoms with Crippen LogP contribution in [-0.4, -0.2) is 19.1 Å². The smallest absolute Gasteiger partial charge is 0.251 e. The summed E-state index contributed by atoms with van der Waals surface area (Å²) in [6, 6.07) is 15.3. The molecule has 0 bridgehead atoms. The SMILES string of the molecule is CCOc1cccc(CCNC(=O)c2ccc(CN)cc2)c1.Cl. The zero-order valence-electron chi connectivity index (χ0n) is 13.2. The van der Waals surface area contributed by atoms with Crippen molar-refractivity contribution in [3.05, 3.63) is 65.2 Å². The number of nitrogens with two attached hydrogens (primary N) is 1. The lowest BCUT2D eigenvalue weighted by atomic mass is 10.1. The number of amides is 1. The molecule has 0 aliphatic carbocycles. The van der Waals surface area contributed by atoms with E-state index in [-0.39, 0.29) is 18.3 Å². The van der Waals surface area contributed by atoms with Crippen molar-refractivity contribution >= 4 is 18.3 Å². The van der Waals surface area contributed by atoms with E-state index in [1.165, 1.54) is 0 Å². The van der Waals surface area contributed by atoms with Crippen molar-refractivity contribution in [2.45, 2.75) is 19.9 Å². The minimum atomic E-state index is -0.0652. The molecular weight excluding hydrogens is 312 g/mol. The van der Waals surface area contributed by atoms with Gasteiger partial charge in [0.1, 0.15) is 5.75 Å². The highest BCUT2D eigenvalue weighted by atomic mass is 35.5. The number of hydrogen-bond acceptors (Lipinski definition) is 3. The maximum atomic E-state index is 12.0. The number of benzene rings is 2. The average molecular weight is 335 g/mol. The molecule has 23 heavy (non-hydrogen) atoms. The van der Waals surface area contributed by atoms with E-state index in [2.05, 4.69) is 5.32 Å². The lowest BCUT2D eigenvalue weighted by Crippen LogP contribution is -2.25. The number of halogens is 1. The van der Waals surface area contributed by atoms with Gasteiger partial charge in [-0.1, -0.05) is 24.3 Å². The van der Waals surface area contributed by atoms with Gasteiger partial charge in [0.2, 0.25) is 0 Å². The third-order valence-electron chi connectivity index (χ3n) is 3.36. The molecule has 5 heteroatoms. The van der Waals surface area contributed by atoms with Crippen molar-refractivity contribution in [3.63, 3.8) is 0 Å². The Kier molecular flexibility index (Phi) is 8.16. The molecule has 3 N–H and O–H groups in total. The Morgan fingerprint density at radius 2 is 1.87 bits per heavy atom. The van der Waals surface area contributed by atoms with Crippen LogP contribution in [0.15, 0.2) is 48.5 Å². The minimum absolute atomic E-state index is 0. The normalized spacial score (nSPS) is 9.83. The number of hydrogen-bond donors (Lipinski definition) is 2. The summed E-state index contributed by atoms with van der Waals surface area (Å²) in [5.41, 5.74) is 8.36. The molecule has 2 aromatic carbocycles. The molecule has 0 heterocycles. The van der Waals surface area contributed by atoms with Gasteiger partial charge in [0, 0.05) is 18.7 Å². The Labute approximate surface area is 143 Å². The van der Waals surface area contributed by atoms with Crippen LogP contribution in [0.4, 0.5) is 0 Å². The standard InChI is InChI=1S/C18H22N2O2.ClH/c1-2-22-17-5-3-4-14(12-17)10-11-20-18(21)16-8-6-15(13-19)7-9-16;/h3-9,12H,2,10-11,13,19H2,1H3,(H,20,21);1H. The summed E-state index contributed by atoms with van der Waals surface area (Å²) in [5.74, 6) is 0.799. The topological polar surface area (TPSA) is 64.3 Å². The van der Waals surface area contributed by atoms with E-state index in [0.29, 0.717) is 25.3 Å². The lowest BCUT2D eigenvalue weighted by molar-refractivity contribution is 0.0954. The molecule has 0 aliphatic rings. The number of rotatable bonds is 7. The second-order valence-electron chi connectivity index (χ2n) is 4.99. The van der Waals surface area contributed by atoms with E-state index in [4.69, 9.17) is 10.5 Å². The Morgan fingerprint density at radius 1 is 1.13 bits per heavy atom. The largest absolute Gasteiger partial charge is 0.494 e. The summed E-state index contributed by atoms with van der Waals surface area (Å²) in [6.07, 6.45) is 0.771. The zero-order valence-corrected chi connectivity index (χ0v) is 14.1. The fourth-order valence-corrected chi connectivity index (χ4v) is 2.17.